The van der Waals surface area contributed by atoms with E-state index in [9.17, 15) is 0 Å². The summed E-state index contributed by atoms with van der Waals surface area (Å²) in [5.74, 6) is 0.516. The van der Waals surface area contributed by atoms with E-state index in [2.05, 4.69) is 34.2 Å². The monoisotopic (exact) mass is 271 g/mol. The lowest BCUT2D eigenvalue weighted by atomic mass is 9.98. The predicted molar refractivity (Wildman–Crippen MR) is 86.9 cm³/mol. The molecule has 0 saturated heterocycles. The van der Waals surface area contributed by atoms with Crippen molar-refractivity contribution in [2.24, 2.45) is 0 Å². The topological polar surface area (TPSA) is 51.8 Å². The highest BCUT2D eigenvalue weighted by Gasteiger charge is 2.10. The van der Waals surface area contributed by atoms with Gasteiger partial charge in [-0.15, -0.1) is 0 Å². The zero-order valence-corrected chi connectivity index (χ0v) is 11.3. The van der Waals surface area contributed by atoms with Gasteiger partial charge >= 0.3 is 0 Å². The number of nitrogens with two attached hydrogens (primary N) is 1. The molecular formula is C18H13N3. The number of fused-ring (bicyclic) bond motifs is 3. The summed E-state index contributed by atoms with van der Waals surface area (Å²) in [7, 11) is 0. The summed E-state index contributed by atoms with van der Waals surface area (Å²) in [6.45, 7) is 0. The average molecular weight is 271 g/mol. The van der Waals surface area contributed by atoms with Crippen molar-refractivity contribution in [1.82, 2.24) is 9.97 Å². The van der Waals surface area contributed by atoms with E-state index in [0.29, 0.717) is 5.82 Å². The molecule has 3 nitrogen and oxygen atoms in total. The zero-order valence-electron chi connectivity index (χ0n) is 11.3. The van der Waals surface area contributed by atoms with Crippen molar-refractivity contribution < 1.29 is 0 Å². The third kappa shape index (κ3) is 1.91. The molecule has 0 atom stereocenters. The van der Waals surface area contributed by atoms with Crippen molar-refractivity contribution in [2.45, 2.75) is 0 Å². The van der Waals surface area contributed by atoms with E-state index < -0.39 is 0 Å². The van der Waals surface area contributed by atoms with Gasteiger partial charge in [0.1, 0.15) is 5.82 Å². The highest BCUT2D eigenvalue weighted by molar-refractivity contribution is 6.10. The molecule has 0 aliphatic carbocycles. The highest BCUT2D eigenvalue weighted by Crippen LogP contribution is 2.33. The second-order valence-electron chi connectivity index (χ2n) is 5.00. The quantitative estimate of drug-likeness (QED) is 0.532. The third-order valence-electron chi connectivity index (χ3n) is 3.65. The van der Waals surface area contributed by atoms with Gasteiger partial charge in [-0.25, -0.2) is 4.98 Å². The number of benzene rings is 2. The Morgan fingerprint density at radius 1 is 0.810 bits per heavy atom. The number of nitrogen functional groups attached to an aromatic ring is 1. The Balaban J connectivity index is 2.18. The van der Waals surface area contributed by atoms with Crippen LogP contribution in [0.5, 0.6) is 0 Å². The second-order valence-corrected chi connectivity index (χ2v) is 5.00. The molecule has 0 saturated carbocycles. The van der Waals surface area contributed by atoms with Crippen LogP contribution in [0.15, 0.2) is 66.9 Å². The van der Waals surface area contributed by atoms with Crippen molar-refractivity contribution in [3.8, 4) is 11.1 Å². The molecule has 2 heterocycles. The highest BCUT2D eigenvalue weighted by atomic mass is 14.8. The Morgan fingerprint density at radius 3 is 2.52 bits per heavy atom. The van der Waals surface area contributed by atoms with E-state index in [1.807, 2.05) is 36.4 Å². The molecule has 0 fully saturated rings. The van der Waals surface area contributed by atoms with Crippen molar-refractivity contribution in [3.05, 3.63) is 66.9 Å². The average Bonchev–Trinajstić information content (AvgIpc) is 2.55. The molecule has 4 aromatic rings. The zero-order chi connectivity index (χ0) is 14.2. The lowest BCUT2D eigenvalue weighted by molar-refractivity contribution is 1.38. The molecule has 0 radical (unpaired) electrons. The van der Waals surface area contributed by atoms with Gasteiger partial charge in [-0.2, -0.15) is 0 Å². The number of rotatable bonds is 1. The summed E-state index contributed by atoms with van der Waals surface area (Å²) in [4.78, 5) is 8.97. The smallest absolute Gasteiger partial charge is 0.124 e. The van der Waals surface area contributed by atoms with Crippen LogP contribution in [0.4, 0.5) is 5.82 Å². The fraction of sp³-hybridized carbons (Fsp3) is 0. The molecule has 3 heteroatoms. The summed E-state index contributed by atoms with van der Waals surface area (Å²) in [6, 6.07) is 20.3. The van der Waals surface area contributed by atoms with Gasteiger partial charge in [0.05, 0.1) is 11.0 Å². The van der Waals surface area contributed by atoms with Crippen LogP contribution in [-0.2, 0) is 0 Å². The Bertz CT molecular complexity index is 946. The van der Waals surface area contributed by atoms with Gasteiger partial charge in [-0.05, 0) is 35.4 Å². The molecule has 0 amide bonds. The minimum Gasteiger partial charge on any atom is -0.384 e. The molecule has 2 aromatic carbocycles. The fourth-order valence-electron chi connectivity index (χ4n) is 2.69. The van der Waals surface area contributed by atoms with Gasteiger partial charge in [-0.1, -0.05) is 36.4 Å². The maximum Gasteiger partial charge on any atom is 0.124 e. The van der Waals surface area contributed by atoms with E-state index in [1.165, 1.54) is 5.56 Å². The number of anilines is 1. The Kier molecular flexibility index (Phi) is 2.57. The Morgan fingerprint density at radius 2 is 1.67 bits per heavy atom. The standard InChI is InChI=1S/C18H13N3/c19-16-9-8-13-11-15(12-5-2-1-3-6-12)14-7-4-10-20-18(14)17(13)21-16/h1-11H,(H2,19,21). The Hall–Kier alpha value is -2.94. The van der Waals surface area contributed by atoms with Crippen molar-refractivity contribution in [2.75, 3.05) is 5.73 Å². The van der Waals surface area contributed by atoms with E-state index in [-0.39, 0.29) is 0 Å². The van der Waals surface area contributed by atoms with Crippen LogP contribution >= 0.6 is 0 Å². The van der Waals surface area contributed by atoms with Crippen molar-refractivity contribution >= 4 is 27.6 Å². The van der Waals surface area contributed by atoms with E-state index in [4.69, 9.17) is 5.73 Å². The summed E-state index contributed by atoms with van der Waals surface area (Å²) in [5.41, 5.74) is 9.91. The molecule has 4 rings (SSSR count). The first-order valence-corrected chi connectivity index (χ1v) is 6.82. The molecule has 0 spiro atoms. The summed E-state index contributed by atoms with van der Waals surface area (Å²) in [5, 5.41) is 2.14. The molecule has 2 N–H and O–H groups in total. The second kappa shape index (κ2) is 4.56. The van der Waals surface area contributed by atoms with Gasteiger partial charge < -0.3 is 5.73 Å². The number of hydrogen-bond acceptors (Lipinski definition) is 3. The van der Waals surface area contributed by atoms with Gasteiger partial charge in [0.15, 0.2) is 0 Å². The lowest BCUT2D eigenvalue weighted by Crippen LogP contribution is -1.93. The summed E-state index contributed by atoms with van der Waals surface area (Å²) < 4.78 is 0. The Labute approximate surface area is 122 Å². The fourth-order valence-corrected chi connectivity index (χ4v) is 2.69. The van der Waals surface area contributed by atoms with Crippen LogP contribution in [0.1, 0.15) is 0 Å². The van der Waals surface area contributed by atoms with Crippen LogP contribution in [-0.4, -0.2) is 9.97 Å². The van der Waals surface area contributed by atoms with Gasteiger partial charge in [0, 0.05) is 17.0 Å². The molecule has 0 aliphatic heterocycles. The minimum absolute atomic E-state index is 0.516. The maximum atomic E-state index is 5.83. The van der Waals surface area contributed by atoms with E-state index in [1.54, 1.807) is 6.20 Å². The van der Waals surface area contributed by atoms with Gasteiger partial charge in [0.25, 0.3) is 0 Å². The molecule has 0 aliphatic rings. The molecule has 100 valence electrons. The van der Waals surface area contributed by atoms with E-state index in [0.717, 1.165) is 27.4 Å². The summed E-state index contributed by atoms with van der Waals surface area (Å²) >= 11 is 0. The number of pyridine rings is 2. The first kappa shape index (κ1) is 11.9. The largest absolute Gasteiger partial charge is 0.384 e. The molecule has 21 heavy (non-hydrogen) atoms. The van der Waals surface area contributed by atoms with Crippen LogP contribution in [0.2, 0.25) is 0 Å². The van der Waals surface area contributed by atoms with Crippen molar-refractivity contribution in [1.29, 1.82) is 0 Å². The molecule has 0 unspecified atom stereocenters. The normalized spacial score (nSPS) is 11.0. The molecule has 2 aromatic heterocycles. The third-order valence-corrected chi connectivity index (χ3v) is 3.65. The first-order chi connectivity index (χ1) is 10.3. The van der Waals surface area contributed by atoms with Crippen molar-refractivity contribution in [3.63, 3.8) is 0 Å². The lowest BCUT2D eigenvalue weighted by Gasteiger charge is -2.10. The number of hydrogen-bond donors (Lipinski definition) is 1. The predicted octanol–water partition coefficient (Wildman–Crippen LogP) is 4.03. The van der Waals surface area contributed by atoms with Crippen LogP contribution in [0.3, 0.4) is 0 Å². The molecule has 0 bridgehead atoms. The van der Waals surface area contributed by atoms with Gasteiger partial charge in [0.2, 0.25) is 0 Å². The SMILES string of the molecule is Nc1ccc2cc(-c3ccccc3)c3cccnc3c2n1. The minimum atomic E-state index is 0.516. The first-order valence-electron chi connectivity index (χ1n) is 6.82. The molecular weight excluding hydrogens is 258 g/mol. The summed E-state index contributed by atoms with van der Waals surface area (Å²) in [6.07, 6.45) is 1.79. The maximum absolute atomic E-state index is 5.83. The van der Waals surface area contributed by atoms with Crippen LogP contribution in [0, 0.1) is 0 Å². The van der Waals surface area contributed by atoms with Gasteiger partial charge in [-0.3, -0.25) is 4.98 Å². The van der Waals surface area contributed by atoms with Crippen LogP contribution in [0.25, 0.3) is 32.9 Å². The van der Waals surface area contributed by atoms with Crippen LogP contribution < -0.4 is 5.73 Å². The number of nitrogens with zero attached hydrogens (tertiary/aromatic N) is 2. The number of aromatic nitrogens is 2. The van der Waals surface area contributed by atoms with E-state index >= 15 is 0 Å².